The van der Waals surface area contributed by atoms with Gasteiger partial charge in [-0.15, -0.1) is 0 Å². The van der Waals surface area contributed by atoms with Crippen molar-refractivity contribution in [3.05, 3.63) is 78.9 Å². The zero-order chi connectivity index (χ0) is 23.1. The molecule has 3 aromatic rings. The highest BCUT2D eigenvalue weighted by Gasteiger charge is 2.21. The largest absolute Gasteiger partial charge is 0.491 e. The smallest absolute Gasteiger partial charge is 0.245 e. The molecule has 3 rings (SSSR count). The van der Waals surface area contributed by atoms with E-state index < -0.39 is 15.9 Å². The Morgan fingerprint density at radius 3 is 2.22 bits per heavy atom. The van der Waals surface area contributed by atoms with Crippen LogP contribution >= 0.6 is 11.8 Å². The third-order valence-electron chi connectivity index (χ3n) is 4.32. The van der Waals surface area contributed by atoms with Crippen LogP contribution in [0, 0.1) is 0 Å². The van der Waals surface area contributed by atoms with Gasteiger partial charge in [0, 0.05) is 9.79 Å². The summed E-state index contributed by atoms with van der Waals surface area (Å²) >= 11 is 1.52. The maximum Gasteiger partial charge on any atom is 0.245 e. The van der Waals surface area contributed by atoms with Crippen molar-refractivity contribution in [3.8, 4) is 5.75 Å². The molecule has 1 N–H and O–H groups in total. The predicted molar refractivity (Wildman–Crippen MR) is 130 cm³/mol. The average molecular weight is 471 g/mol. The standard InChI is InChI=1S/C24H26N2O4S2/c1-18(2)30-20-15-13-19(14-16-20)26(32(3,28)29)17-24(27)25-22-11-7-8-12-23(22)31-21-9-5-4-6-10-21/h4-16,18H,17H2,1-3H3,(H,25,27). The molecule has 0 aromatic heterocycles. The van der Waals surface area contributed by atoms with E-state index in [1.54, 1.807) is 30.3 Å². The third-order valence-corrected chi connectivity index (χ3v) is 6.54. The summed E-state index contributed by atoms with van der Waals surface area (Å²) < 4.78 is 31.5. The number of nitrogens with zero attached hydrogens (tertiary/aromatic N) is 1. The number of para-hydroxylation sites is 1. The number of carbonyl (C=O) groups excluding carboxylic acids is 1. The molecule has 0 fully saturated rings. The highest BCUT2D eigenvalue weighted by Crippen LogP contribution is 2.33. The molecular formula is C24H26N2O4S2. The second-order valence-electron chi connectivity index (χ2n) is 7.39. The first-order chi connectivity index (χ1) is 15.2. The maximum absolute atomic E-state index is 12.8. The summed E-state index contributed by atoms with van der Waals surface area (Å²) in [6.07, 6.45) is 1.09. The Bertz CT molecular complexity index is 1150. The minimum atomic E-state index is -3.67. The second kappa shape index (κ2) is 10.6. The van der Waals surface area contributed by atoms with Crippen molar-refractivity contribution in [1.82, 2.24) is 0 Å². The SMILES string of the molecule is CC(C)Oc1ccc(N(CC(=O)Nc2ccccc2Sc2ccccc2)S(C)(=O)=O)cc1. The molecule has 0 saturated heterocycles. The Hall–Kier alpha value is -2.97. The summed E-state index contributed by atoms with van der Waals surface area (Å²) in [7, 11) is -3.67. The van der Waals surface area contributed by atoms with Crippen LogP contribution in [0.1, 0.15) is 13.8 Å². The van der Waals surface area contributed by atoms with Crippen LogP contribution in [0.3, 0.4) is 0 Å². The van der Waals surface area contributed by atoms with E-state index in [2.05, 4.69) is 5.32 Å². The number of hydrogen-bond donors (Lipinski definition) is 1. The van der Waals surface area contributed by atoms with Crippen LogP contribution in [0.25, 0.3) is 0 Å². The first-order valence-corrected chi connectivity index (χ1v) is 12.7. The minimum absolute atomic E-state index is 0.00598. The van der Waals surface area contributed by atoms with Crippen LogP contribution in [-0.4, -0.2) is 33.2 Å². The van der Waals surface area contributed by atoms with Gasteiger partial charge in [0.15, 0.2) is 0 Å². The summed E-state index contributed by atoms with van der Waals surface area (Å²) in [6, 6.07) is 23.9. The molecule has 0 radical (unpaired) electrons. The van der Waals surface area contributed by atoms with Crippen LogP contribution in [0.15, 0.2) is 88.7 Å². The van der Waals surface area contributed by atoms with Gasteiger partial charge in [0.05, 0.1) is 23.7 Å². The molecule has 0 heterocycles. The summed E-state index contributed by atoms with van der Waals surface area (Å²) in [6.45, 7) is 3.48. The Morgan fingerprint density at radius 1 is 0.969 bits per heavy atom. The van der Waals surface area contributed by atoms with Gasteiger partial charge in [-0.3, -0.25) is 9.10 Å². The molecule has 0 saturated carbocycles. The highest BCUT2D eigenvalue weighted by molar-refractivity contribution is 7.99. The lowest BCUT2D eigenvalue weighted by Crippen LogP contribution is -2.37. The van der Waals surface area contributed by atoms with Crippen molar-refractivity contribution in [3.63, 3.8) is 0 Å². The lowest BCUT2D eigenvalue weighted by atomic mass is 10.3. The molecule has 0 aliphatic carbocycles. The summed E-state index contributed by atoms with van der Waals surface area (Å²) in [4.78, 5) is 14.7. The van der Waals surface area contributed by atoms with Gasteiger partial charge in [0.2, 0.25) is 15.9 Å². The number of benzene rings is 3. The van der Waals surface area contributed by atoms with Crippen molar-refractivity contribution in [1.29, 1.82) is 0 Å². The number of hydrogen-bond acceptors (Lipinski definition) is 5. The zero-order valence-corrected chi connectivity index (χ0v) is 19.8. The quantitative estimate of drug-likeness (QED) is 0.475. The first kappa shape index (κ1) is 23.7. The Labute approximate surface area is 193 Å². The topological polar surface area (TPSA) is 75.7 Å². The van der Waals surface area contributed by atoms with Crippen molar-refractivity contribution in [2.45, 2.75) is 29.7 Å². The normalized spacial score (nSPS) is 11.2. The number of amides is 1. The van der Waals surface area contributed by atoms with Crippen molar-refractivity contribution in [2.24, 2.45) is 0 Å². The summed E-state index contributed by atoms with van der Waals surface area (Å²) in [5.74, 6) is 0.201. The van der Waals surface area contributed by atoms with Crippen molar-refractivity contribution >= 4 is 39.1 Å². The molecule has 0 spiro atoms. The maximum atomic E-state index is 12.8. The molecule has 168 valence electrons. The van der Waals surface area contributed by atoms with E-state index >= 15 is 0 Å². The number of sulfonamides is 1. The number of carbonyl (C=O) groups is 1. The minimum Gasteiger partial charge on any atom is -0.491 e. The molecule has 1 amide bonds. The average Bonchev–Trinajstić information content (AvgIpc) is 2.74. The molecule has 8 heteroatoms. The Kier molecular flexibility index (Phi) is 7.82. The first-order valence-electron chi connectivity index (χ1n) is 10.1. The van der Waals surface area contributed by atoms with Gasteiger partial charge < -0.3 is 10.1 Å². The van der Waals surface area contributed by atoms with Crippen molar-refractivity contribution < 1.29 is 17.9 Å². The molecule has 3 aromatic carbocycles. The van der Waals surface area contributed by atoms with Crippen LogP contribution in [0.2, 0.25) is 0 Å². The van der Waals surface area contributed by atoms with Crippen LogP contribution in [-0.2, 0) is 14.8 Å². The summed E-state index contributed by atoms with van der Waals surface area (Å²) in [5.41, 5.74) is 1.02. The van der Waals surface area contributed by atoms with E-state index in [4.69, 9.17) is 4.74 Å². The van der Waals surface area contributed by atoms with Gasteiger partial charge in [-0.05, 0) is 62.4 Å². The van der Waals surface area contributed by atoms with E-state index in [0.29, 0.717) is 17.1 Å². The number of anilines is 2. The van der Waals surface area contributed by atoms with Gasteiger partial charge >= 0.3 is 0 Å². The number of rotatable bonds is 9. The van der Waals surface area contributed by atoms with E-state index in [9.17, 15) is 13.2 Å². The monoisotopic (exact) mass is 470 g/mol. The lowest BCUT2D eigenvalue weighted by molar-refractivity contribution is -0.114. The summed E-state index contributed by atoms with van der Waals surface area (Å²) in [5, 5.41) is 2.85. The van der Waals surface area contributed by atoms with E-state index in [0.717, 1.165) is 20.4 Å². The third kappa shape index (κ3) is 6.77. The molecule has 0 bridgehead atoms. The molecule has 0 atom stereocenters. The molecule has 0 aliphatic rings. The predicted octanol–water partition coefficient (Wildman–Crippen LogP) is 5.03. The molecular weight excluding hydrogens is 444 g/mol. The van der Waals surface area contributed by atoms with Crippen molar-refractivity contribution in [2.75, 3.05) is 22.4 Å². The second-order valence-corrected chi connectivity index (χ2v) is 10.4. The van der Waals surface area contributed by atoms with Gasteiger partial charge in [-0.2, -0.15) is 0 Å². The van der Waals surface area contributed by atoms with Crippen LogP contribution < -0.4 is 14.4 Å². The Morgan fingerprint density at radius 2 is 1.59 bits per heavy atom. The van der Waals surface area contributed by atoms with Gasteiger partial charge in [-0.25, -0.2) is 8.42 Å². The van der Waals surface area contributed by atoms with Gasteiger partial charge in [0.1, 0.15) is 12.3 Å². The molecule has 0 unspecified atom stereocenters. The molecule has 32 heavy (non-hydrogen) atoms. The van der Waals surface area contributed by atoms with E-state index in [1.165, 1.54) is 11.8 Å². The fourth-order valence-electron chi connectivity index (χ4n) is 2.96. The fraction of sp³-hybridized carbons (Fsp3) is 0.208. The van der Waals surface area contributed by atoms with E-state index in [-0.39, 0.29) is 12.6 Å². The zero-order valence-electron chi connectivity index (χ0n) is 18.2. The van der Waals surface area contributed by atoms with Gasteiger partial charge in [-0.1, -0.05) is 42.1 Å². The Balaban J connectivity index is 1.76. The fourth-order valence-corrected chi connectivity index (χ4v) is 4.74. The molecule has 6 nitrogen and oxygen atoms in total. The van der Waals surface area contributed by atoms with Gasteiger partial charge in [0.25, 0.3) is 0 Å². The lowest BCUT2D eigenvalue weighted by Gasteiger charge is -2.22. The van der Waals surface area contributed by atoms with Crippen LogP contribution in [0.4, 0.5) is 11.4 Å². The number of nitrogens with one attached hydrogen (secondary N) is 1. The van der Waals surface area contributed by atoms with Crippen LogP contribution in [0.5, 0.6) is 5.75 Å². The van der Waals surface area contributed by atoms with E-state index in [1.807, 2.05) is 62.4 Å². The molecule has 0 aliphatic heterocycles. The number of ether oxygens (including phenoxy) is 1. The highest BCUT2D eigenvalue weighted by atomic mass is 32.2.